The Kier molecular flexibility index (Phi) is 4.64. The Morgan fingerprint density at radius 1 is 1.19 bits per heavy atom. The maximum atomic E-state index is 12.0. The third-order valence-corrected chi connectivity index (χ3v) is 5.31. The molecule has 26 heavy (non-hydrogen) atoms. The molecule has 1 saturated heterocycles. The van der Waals surface area contributed by atoms with E-state index in [0.29, 0.717) is 11.9 Å². The molecule has 1 atom stereocenters. The van der Waals surface area contributed by atoms with E-state index in [9.17, 15) is 4.79 Å². The first-order chi connectivity index (χ1) is 12.6. The number of methoxy groups -OCH3 is 1. The van der Waals surface area contributed by atoms with E-state index in [1.165, 1.54) is 11.3 Å². The van der Waals surface area contributed by atoms with Gasteiger partial charge < -0.3 is 15.0 Å². The molecule has 2 fully saturated rings. The van der Waals surface area contributed by atoms with Gasteiger partial charge in [0, 0.05) is 38.0 Å². The van der Waals surface area contributed by atoms with Gasteiger partial charge in [0.05, 0.1) is 6.10 Å². The summed E-state index contributed by atoms with van der Waals surface area (Å²) < 4.78 is 5.48. The van der Waals surface area contributed by atoms with E-state index >= 15 is 0 Å². The van der Waals surface area contributed by atoms with E-state index in [4.69, 9.17) is 4.74 Å². The summed E-state index contributed by atoms with van der Waals surface area (Å²) in [4.78, 5) is 18.6. The first-order valence-corrected chi connectivity index (χ1v) is 9.30. The van der Waals surface area contributed by atoms with Gasteiger partial charge in [0.25, 0.3) is 0 Å². The molecule has 0 radical (unpaired) electrons. The summed E-state index contributed by atoms with van der Waals surface area (Å²) in [6, 6.07) is 10.5. The van der Waals surface area contributed by atoms with Crippen molar-refractivity contribution in [3.63, 3.8) is 0 Å². The molecule has 2 aliphatic rings. The van der Waals surface area contributed by atoms with Crippen molar-refractivity contribution in [2.24, 2.45) is 5.92 Å². The van der Waals surface area contributed by atoms with Crippen molar-refractivity contribution in [2.45, 2.75) is 32.3 Å². The zero-order valence-corrected chi connectivity index (χ0v) is 15.4. The summed E-state index contributed by atoms with van der Waals surface area (Å²) in [5.74, 6) is 0.893. The fourth-order valence-corrected chi connectivity index (χ4v) is 3.58. The number of rotatable bonds is 5. The molecule has 136 valence electrons. The number of aryl methyl sites for hydroxylation is 1. The minimum atomic E-state index is 0.0860. The molecule has 1 aliphatic carbocycles. The average Bonchev–Trinajstić information content (AvgIpc) is 3.40. The second kappa shape index (κ2) is 7.08. The van der Waals surface area contributed by atoms with E-state index in [1.54, 1.807) is 13.3 Å². The molecule has 1 N–H and O–H groups in total. The predicted molar refractivity (Wildman–Crippen MR) is 103 cm³/mol. The Morgan fingerprint density at radius 3 is 2.69 bits per heavy atom. The number of nitrogens with zero attached hydrogens (tertiary/aromatic N) is 2. The maximum Gasteiger partial charge on any atom is 0.228 e. The highest BCUT2D eigenvalue weighted by Gasteiger charge is 2.29. The van der Waals surface area contributed by atoms with Crippen molar-refractivity contribution >= 4 is 17.4 Å². The van der Waals surface area contributed by atoms with Gasteiger partial charge >= 0.3 is 0 Å². The maximum absolute atomic E-state index is 12.0. The van der Waals surface area contributed by atoms with Gasteiger partial charge in [0.2, 0.25) is 5.91 Å². The highest BCUT2D eigenvalue weighted by atomic mass is 16.5. The molecule has 0 spiro atoms. The van der Waals surface area contributed by atoms with Crippen LogP contribution in [0.4, 0.5) is 11.5 Å². The molecular weight excluding hydrogens is 326 g/mol. The predicted octanol–water partition coefficient (Wildman–Crippen LogP) is 3.63. The van der Waals surface area contributed by atoms with Gasteiger partial charge in [-0.1, -0.05) is 6.07 Å². The summed E-state index contributed by atoms with van der Waals surface area (Å²) in [6.07, 6.45) is 5.14. The van der Waals surface area contributed by atoms with Gasteiger partial charge in [-0.05, 0) is 67.1 Å². The molecular formula is C21H25N3O2. The largest absolute Gasteiger partial charge is 0.380 e. The molecule has 2 heterocycles. The topological polar surface area (TPSA) is 54.5 Å². The Hall–Kier alpha value is -2.40. The highest BCUT2D eigenvalue weighted by Crippen LogP contribution is 2.32. The van der Waals surface area contributed by atoms with E-state index in [-0.39, 0.29) is 11.8 Å². The fraction of sp³-hybridized carbons (Fsp3) is 0.429. The number of anilines is 2. The van der Waals surface area contributed by atoms with Gasteiger partial charge in [0.1, 0.15) is 5.82 Å². The summed E-state index contributed by atoms with van der Waals surface area (Å²) >= 11 is 0. The van der Waals surface area contributed by atoms with Crippen LogP contribution in [-0.4, -0.2) is 37.2 Å². The fourth-order valence-electron chi connectivity index (χ4n) is 3.58. The molecule has 0 bridgehead atoms. The normalized spacial score (nSPS) is 19.6. The summed E-state index contributed by atoms with van der Waals surface area (Å²) in [5, 5.41) is 2.92. The summed E-state index contributed by atoms with van der Waals surface area (Å²) in [6.45, 7) is 4.13. The van der Waals surface area contributed by atoms with E-state index in [1.807, 2.05) is 12.1 Å². The summed E-state index contributed by atoms with van der Waals surface area (Å²) in [7, 11) is 1.78. The number of ether oxygens (including phenoxy) is 1. The van der Waals surface area contributed by atoms with Crippen LogP contribution in [0.15, 0.2) is 36.5 Å². The molecule has 4 rings (SSSR count). The number of pyridine rings is 1. The van der Waals surface area contributed by atoms with Crippen molar-refractivity contribution in [1.82, 2.24) is 4.98 Å². The average molecular weight is 351 g/mol. The Balaban J connectivity index is 1.52. The molecule has 1 aromatic heterocycles. The highest BCUT2D eigenvalue weighted by molar-refractivity contribution is 5.93. The van der Waals surface area contributed by atoms with Gasteiger partial charge in [-0.25, -0.2) is 4.98 Å². The first-order valence-electron chi connectivity index (χ1n) is 9.30. The van der Waals surface area contributed by atoms with Crippen LogP contribution < -0.4 is 10.2 Å². The van der Waals surface area contributed by atoms with Gasteiger partial charge in [0.15, 0.2) is 0 Å². The molecule has 1 saturated carbocycles. The monoisotopic (exact) mass is 351 g/mol. The van der Waals surface area contributed by atoms with Crippen LogP contribution in [0.3, 0.4) is 0 Å². The van der Waals surface area contributed by atoms with Crippen molar-refractivity contribution in [3.8, 4) is 11.1 Å². The number of carbonyl (C=O) groups excluding carboxylic acids is 1. The Bertz CT molecular complexity index is 817. The van der Waals surface area contributed by atoms with Gasteiger partial charge in [-0.15, -0.1) is 0 Å². The van der Waals surface area contributed by atoms with E-state index in [0.717, 1.165) is 43.5 Å². The molecule has 5 heteroatoms. The van der Waals surface area contributed by atoms with Crippen molar-refractivity contribution in [3.05, 3.63) is 42.1 Å². The lowest BCUT2D eigenvalue weighted by molar-refractivity contribution is -0.117. The first kappa shape index (κ1) is 17.0. The number of hydrogen-bond donors (Lipinski definition) is 1. The lowest BCUT2D eigenvalue weighted by Gasteiger charge is -2.21. The third-order valence-electron chi connectivity index (χ3n) is 5.31. The lowest BCUT2D eigenvalue weighted by atomic mass is 10.0. The standard InChI is InChI=1S/C21H25N3O2/c1-14-11-16(5-6-19(14)24-10-8-18(13-24)26-2)17-7-9-22-20(12-17)23-21(25)15-3-4-15/h5-7,9,11-12,15,18H,3-4,8,10,13H2,1-2H3,(H,22,23,25)/t18-/m1/s1. The Labute approximate surface area is 154 Å². The van der Waals surface area contributed by atoms with Crippen LogP contribution in [-0.2, 0) is 9.53 Å². The number of aromatic nitrogens is 1. The SMILES string of the molecule is CO[C@@H]1CCN(c2ccc(-c3ccnc(NC(=O)C4CC4)c3)cc2C)C1. The number of benzene rings is 1. The molecule has 2 aromatic rings. The van der Waals surface area contributed by atoms with E-state index < -0.39 is 0 Å². The van der Waals surface area contributed by atoms with Crippen LogP contribution >= 0.6 is 0 Å². The molecule has 0 unspecified atom stereocenters. The minimum absolute atomic E-state index is 0.0860. The molecule has 1 aliphatic heterocycles. The Morgan fingerprint density at radius 2 is 2.00 bits per heavy atom. The van der Waals surface area contributed by atoms with Crippen molar-refractivity contribution in [2.75, 3.05) is 30.4 Å². The second-order valence-corrected chi connectivity index (χ2v) is 7.29. The van der Waals surface area contributed by atoms with Crippen molar-refractivity contribution in [1.29, 1.82) is 0 Å². The van der Waals surface area contributed by atoms with Crippen LogP contribution in [0.1, 0.15) is 24.8 Å². The van der Waals surface area contributed by atoms with Gasteiger partial charge in [-0.2, -0.15) is 0 Å². The zero-order chi connectivity index (χ0) is 18.1. The molecule has 1 amide bonds. The second-order valence-electron chi connectivity index (χ2n) is 7.29. The number of amides is 1. The van der Waals surface area contributed by atoms with Crippen LogP contribution in [0.5, 0.6) is 0 Å². The smallest absolute Gasteiger partial charge is 0.228 e. The van der Waals surface area contributed by atoms with Crippen LogP contribution in [0.2, 0.25) is 0 Å². The molecule has 5 nitrogen and oxygen atoms in total. The third kappa shape index (κ3) is 3.58. The zero-order valence-electron chi connectivity index (χ0n) is 15.4. The quantitative estimate of drug-likeness (QED) is 0.894. The summed E-state index contributed by atoms with van der Waals surface area (Å²) in [5.41, 5.74) is 4.72. The minimum Gasteiger partial charge on any atom is -0.380 e. The van der Waals surface area contributed by atoms with Crippen molar-refractivity contribution < 1.29 is 9.53 Å². The molecule has 1 aromatic carbocycles. The number of nitrogens with one attached hydrogen (secondary N) is 1. The van der Waals surface area contributed by atoms with E-state index in [2.05, 4.69) is 40.3 Å². The number of hydrogen-bond acceptors (Lipinski definition) is 4. The lowest BCUT2D eigenvalue weighted by Crippen LogP contribution is -2.22. The van der Waals surface area contributed by atoms with Gasteiger partial charge in [-0.3, -0.25) is 4.79 Å². The number of carbonyl (C=O) groups is 1. The van der Waals surface area contributed by atoms with Crippen LogP contribution in [0.25, 0.3) is 11.1 Å². The van der Waals surface area contributed by atoms with Crippen LogP contribution in [0, 0.1) is 12.8 Å².